The number of nitrogens with zero attached hydrogens (tertiary/aromatic N) is 3. The lowest BCUT2D eigenvalue weighted by Gasteiger charge is -2.40. The molecule has 11 nitrogen and oxygen atoms in total. The summed E-state index contributed by atoms with van der Waals surface area (Å²) in [4.78, 5) is 56.2. The van der Waals surface area contributed by atoms with E-state index in [1.807, 2.05) is 32.6 Å². The number of hydrogen-bond donors (Lipinski definition) is 2. The third-order valence-electron chi connectivity index (χ3n) is 4.49. The van der Waals surface area contributed by atoms with Crippen molar-refractivity contribution in [2.24, 2.45) is 0 Å². The highest BCUT2D eigenvalue weighted by Gasteiger charge is 2.32. The average Bonchev–Trinajstić information content (AvgIpc) is 3.21. The number of anilines is 1. The molecule has 0 radical (unpaired) electrons. The van der Waals surface area contributed by atoms with Gasteiger partial charge in [-0.25, -0.2) is 14.6 Å². The average molecular weight is 480 g/mol. The molecule has 2 rings (SSSR count). The van der Waals surface area contributed by atoms with Crippen molar-refractivity contribution >= 4 is 40.3 Å². The largest absolute Gasteiger partial charge is 0.464 e. The molecule has 1 aliphatic rings. The lowest BCUT2D eigenvalue weighted by molar-refractivity contribution is -0.137. The van der Waals surface area contributed by atoms with Crippen molar-refractivity contribution in [2.45, 2.75) is 39.3 Å². The Labute approximate surface area is 196 Å². The van der Waals surface area contributed by atoms with Crippen molar-refractivity contribution in [2.75, 3.05) is 31.6 Å². The van der Waals surface area contributed by atoms with E-state index in [2.05, 4.69) is 33.5 Å². The van der Waals surface area contributed by atoms with Crippen molar-refractivity contribution in [3.05, 3.63) is 35.6 Å². The summed E-state index contributed by atoms with van der Waals surface area (Å²) in [6, 6.07) is -0.110. The summed E-state index contributed by atoms with van der Waals surface area (Å²) in [6.45, 7) is 15.8. The van der Waals surface area contributed by atoms with Gasteiger partial charge in [-0.1, -0.05) is 13.2 Å². The Morgan fingerprint density at radius 3 is 2.39 bits per heavy atom. The first kappa shape index (κ1) is 25.8. The molecule has 0 spiro atoms. The molecule has 2 heterocycles. The van der Waals surface area contributed by atoms with Gasteiger partial charge in [0, 0.05) is 31.1 Å². The molecular formula is C21H29N5O6S. The van der Waals surface area contributed by atoms with Crippen molar-refractivity contribution in [1.29, 1.82) is 0 Å². The van der Waals surface area contributed by atoms with Crippen LogP contribution in [0.25, 0.3) is 0 Å². The lowest BCUT2D eigenvalue weighted by atomic mass is 10.2. The van der Waals surface area contributed by atoms with E-state index >= 15 is 0 Å². The van der Waals surface area contributed by atoms with E-state index in [9.17, 15) is 19.2 Å². The number of rotatable bonds is 6. The Bertz CT molecular complexity index is 967. The van der Waals surface area contributed by atoms with Gasteiger partial charge in [-0.3, -0.25) is 9.59 Å². The Morgan fingerprint density at radius 1 is 1.15 bits per heavy atom. The summed E-state index contributed by atoms with van der Waals surface area (Å²) in [5.41, 5.74) is -1.02. The first-order valence-corrected chi connectivity index (χ1v) is 11.0. The van der Waals surface area contributed by atoms with Crippen molar-refractivity contribution in [3.63, 3.8) is 0 Å². The molecule has 0 unspecified atom stereocenters. The van der Waals surface area contributed by atoms with Gasteiger partial charge in [0.25, 0.3) is 11.8 Å². The van der Waals surface area contributed by atoms with Crippen molar-refractivity contribution in [1.82, 2.24) is 20.5 Å². The maximum absolute atomic E-state index is 12.5. The molecule has 33 heavy (non-hydrogen) atoms. The van der Waals surface area contributed by atoms with Gasteiger partial charge in [-0.15, -0.1) is 11.3 Å². The second kappa shape index (κ2) is 10.5. The maximum atomic E-state index is 12.5. The number of hydrogen-bond acceptors (Lipinski definition) is 9. The van der Waals surface area contributed by atoms with Gasteiger partial charge in [0.2, 0.25) is 0 Å². The van der Waals surface area contributed by atoms with E-state index in [0.29, 0.717) is 24.8 Å². The smallest absolute Gasteiger partial charge is 0.410 e. The Kier molecular flexibility index (Phi) is 8.20. The predicted octanol–water partition coefficient (Wildman–Crippen LogP) is 1.64. The molecule has 0 bridgehead atoms. The number of amides is 3. The Morgan fingerprint density at radius 2 is 1.82 bits per heavy atom. The monoisotopic (exact) mass is 479 g/mol. The van der Waals surface area contributed by atoms with Crippen LogP contribution in [0.4, 0.5) is 9.93 Å². The van der Waals surface area contributed by atoms with E-state index in [0.717, 1.165) is 7.11 Å². The SMILES string of the molecule is C=C(NC(=O)c1csc(N2CCN(C(=O)OC(C)(C)C)[C@@H](C)C2)n1)C(=O)NC(=C)C(=O)OC. The molecule has 1 aromatic rings. The number of esters is 1. The summed E-state index contributed by atoms with van der Waals surface area (Å²) in [6.07, 6.45) is -0.361. The second-order valence-corrected chi connectivity index (χ2v) is 9.18. The van der Waals surface area contributed by atoms with Crippen LogP contribution in [-0.4, -0.2) is 72.1 Å². The highest BCUT2D eigenvalue weighted by molar-refractivity contribution is 7.13. The van der Waals surface area contributed by atoms with Crippen LogP contribution in [0.5, 0.6) is 0 Å². The first-order chi connectivity index (χ1) is 15.3. The predicted molar refractivity (Wildman–Crippen MR) is 123 cm³/mol. The number of carbonyl (C=O) groups is 4. The fourth-order valence-corrected chi connectivity index (χ4v) is 3.72. The number of nitrogens with one attached hydrogen (secondary N) is 2. The van der Waals surface area contributed by atoms with Crippen LogP contribution >= 0.6 is 11.3 Å². The summed E-state index contributed by atoms with van der Waals surface area (Å²) in [7, 11) is 1.15. The van der Waals surface area contributed by atoms with Crippen LogP contribution in [-0.2, 0) is 19.1 Å². The lowest BCUT2D eigenvalue weighted by Crippen LogP contribution is -2.55. The Balaban J connectivity index is 1.94. The van der Waals surface area contributed by atoms with E-state index in [-0.39, 0.29) is 29.2 Å². The summed E-state index contributed by atoms with van der Waals surface area (Å²) in [5, 5.41) is 6.71. The van der Waals surface area contributed by atoms with Gasteiger partial charge in [-0.05, 0) is 27.7 Å². The molecule has 12 heteroatoms. The van der Waals surface area contributed by atoms with Gasteiger partial charge in [0.05, 0.1) is 12.8 Å². The topological polar surface area (TPSA) is 130 Å². The first-order valence-electron chi connectivity index (χ1n) is 10.1. The van der Waals surface area contributed by atoms with Crippen molar-refractivity contribution < 1.29 is 28.7 Å². The zero-order chi connectivity index (χ0) is 24.9. The number of thiazole rings is 1. The zero-order valence-corrected chi connectivity index (χ0v) is 20.2. The summed E-state index contributed by atoms with van der Waals surface area (Å²) >= 11 is 1.27. The molecule has 0 saturated carbocycles. The highest BCUT2D eigenvalue weighted by Crippen LogP contribution is 2.24. The van der Waals surface area contributed by atoms with Crippen LogP contribution in [0.3, 0.4) is 0 Å². The van der Waals surface area contributed by atoms with Crippen LogP contribution < -0.4 is 15.5 Å². The summed E-state index contributed by atoms with van der Waals surface area (Å²) < 4.78 is 9.89. The maximum Gasteiger partial charge on any atom is 0.410 e. The van der Waals surface area contributed by atoms with Crippen molar-refractivity contribution in [3.8, 4) is 0 Å². The fourth-order valence-electron chi connectivity index (χ4n) is 2.88. The minimum absolute atomic E-state index is 0.109. The van der Waals surface area contributed by atoms with Crippen LogP contribution in [0.15, 0.2) is 29.9 Å². The highest BCUT2D eigenvalue weighted by atomic mass is 32.1. The standard InChI is InChI=1S/C21H29N5O6S/c1-12-10-25(8-9-26(12)20(30)32-21(4,5)6)19-24-15(11-33-19)17(28)22-13(2)16(27)23-14(3)18(29)31-7/h11-12H,2-3,8-10H2,1,4-7H3,(H,22,28)(H,23,27)/t12-/m0/s1. The van der Waals surface area contributed by atoms with Gasteiger partial charge in [0.1, 0.15) is 17.0 Å². The van der Waals surface area contributed by atoms with Crippen LogP contribution in [0, 0.1) is 0 Å². The third kappa shape index (κ3) is 7.04. The zero-order valence-electron chi connectivity index (χ0n) is 19.4. The quantitative estimate of drug-likeness (QED) is 0.465. The van der Waals surface area contributed by atoms with Gasteiger partial charge in [0.15, 0.2) is 5.13 Å². The molecule has 180 valence electrons. The van der Waals surface area contributed by atoms with Crippen LogP contribution in [0.2, 0.25) is 0 Å². The second-order valence-electron chi connectivity index (χ2n) is 8.34. The van der Waals surface area contributed by atoms with Gasteiger partial charge >= 0.3 is 12.1 Å². The fraction of sp³-hybridized carbons (Fsp3) is 0.476. The summed E-state index contributed by atoms with van der Waals surface area (Å²) in [5.74, 6) is -2.24. The van der Waals surface area contributed by atoms with E-state index in [4.69, 9.17) is 4.74 Å². The van der Waals surface area contributed by atoms with E-state index < -0.39 is 23.4 Å². The van der Waals surface area contributed by atoms with Crippen LogP contribution in [0.1, 0.15) is 38.2 Å². The molecule has 1 fully saturated rings. The number of piperazine rings is 1. The number of methoxy groups -OCH3 is 1. The molecule has 1 atom stereocenters. The number of carbonyl (C=O) groups excluding carboxylic acids is 4. The molecule has 2 N–H and O–H groups in total. The molecule has 0 aliphatic carbocycles. The molecule has 1 aromatic heterocycles. The van der Waals surface area contributed by atoms with E-state index in [1.54, 1.807) is 10.3 Å². The number of ether oxygens (including phenoxy) is 2. The Hall–Kier alpha value is -3.41. The molecule has 3 amide bonds. The minimum atomic E-state index is -0.812. The molecular weight excluding hydrogens is 450 g/mol. The normalized spacial score (nSPS) is 16.0. The van der Waals surface area contributed by atoms with Gasteiger partial charge < -0.3 is 29.9 Å². The molecule has 1 aliphatic heterocycles. The van der Waals surface area contributed by atoms with Gasteiger partial charge in [-0.2, -0.15) is 0 Å². The van der Waals surface area contributed by atoms with E-state index in [1.165, 1.54) is 11.3 Å². The minimum Gasteiger partial charge on any atom is -0.464 e. The molecule has 1 saturated heterocycles. The number of aromatic nitrogens is 1. The molecule has 0 aromatic carbocycles. The third-order valence-corrected chi connectivity index (χ3v) is 5.39.